The molecule has 0 N–H and O–H groups in total. The van der Waals surface area contributed by atoms with Crippen molar-refractivity contribution in [3.8, 4) is 0 Å². The molecule has 0 fully saturated rings. The Morgan fingerprint density at radius 2 is 1.50 bits per heavy atom. The molecule has 0 atom stereocenters. The molecule has 0 saturated carbocycles. The second-order valence-electron chi connectivity index (χ2n) is 8.65. The Hall–Kier alpha value is -0.703. The van der Waals surface area contributed by atoms with Gasteiger partial charge in [0.25, 0.3) is 0 Å². The van der Waals surface area contributed by atoms with Crippen LogP contribution in [0.25, 0.3) is 5.57 Å². The molecule has 0 aromatic heterocycles. The van der Waals surface area contributed by atoms with Gasteiger partial charge < -0.3 is 0 Å². The van der Waals surface area contributed by atoms with Crippen molar-refractivity contribution in [2.24, 2.45) is 16.2 Å². The van der Waals surface area contributed by atoms with Crippen LogP contribution in [0, 0.1) is 22.7 Å². The first-order valence-electron chi connectivity index (χ1n) is 8.02. The van der Waals surface area contributed by atoms with Crippen LogP contribution in [0.15, 0.2) is 42.0 Å². The first-order valence-corrected chi connectivity index (χ1v) is 8.02. The third-order valence-electron chi connectivity index (χ3n) is 5.61. The van der Waals surface area contributed by atoms with E-state index in [1.54, 1.807) is 0 Å². The molecule has 0 heterocycles. The van der Waals surface area contributed by atoms with Gasteiger partial charge in [0, 0.05) is 11.8 Å². The van der Waals surface area contributed by atoms with Crippen LogP contribution >= 0.6 is 0 Å². The van der Waals surface area contributed by atoms with Crippen LogP contribution in [0.3, 0.4) is 0 Å². The molecule has 0 spiro atoms. The second-order valence-corrected chi connectivity index (χ2v) is 8.65. The molecule has 1 aromatic carbocycles. The first-order chi connectivity index (χ1) is 9.66. The van der Waals surface area contributed by atoms with Crippen LogP contribution in [-0.4, -0.2) is 18.9 Å². The predicted molar refractivity (Wildman–Crippen MR) is 99.0 cm³/mol. The molecule has 0 amide bonds. The number of benzene rings is 1. The summed E-state index contributed by atoms with van der Waals surface area (Å²) in [6.07, 6.45) is 8.43. The van der Waals surface area contributed by atoms with Crippen molar-refractivity contribution in [2.45, 2.75) is 48.0 Å². The third kappa shape index (κ3) is 2.46. The van der Waals surface area contributed by atoms with E-state index in [0.29, 0.717) is 0 Å². The topological polar surface area (TPSA) is 0 Å². The van der Waals surface area contributed by atoms with E-state index in [1.165, 1.54) is 22.3 Å². The normalized spacial score (nSPS) is 19.5. The summed E-state index contributed by atoms with van der Waals surface area (Å²) in [7, 11) is 0. The Bertz CT molecular complexity index is 619. The SMILES string of the molecule is CC(C)(C)C1(C(C)(C)C)C=CC2=C([CH]c3ccccc32)C1.[LiH]. The monoisotopic (exact) mass is 287 g/mol. The van der Waals surface area contributed by atoms with Crippen molar-refractivity contribution < 1.29 is 0 Å². The summed E-state index contributed by atoms with van der Waals surface area (Å²) in [6, 6.07) is 8.77. The quantitative estimate of drug-likeness (QED) is 0.561. The van der Waals surface area contributed by atoms with Crippen molar-refractivity contribution in [2.75, 3.05) is 0 Å². The van der Waals surface area contributed by atoms with E-state index in [0.717, 1.165) is 6.42 Å². The maximum atomic E-state index is 2.50. The van der Waals surface area contributed by atoms with Gasteiger partial charge >= 0.3 is 18.9 Å². The van der Waals surface area contributed by atoms with E-state index >= 15 is 0 Å². The molecule has 1 aromatic rings. The molecule has 3 rings (SSSR count). The van der Waals surface area contributed by atoms with Crippen molar-refractivity contribution in [1.82, 2.24) is 0 Å². The van der Waals surface area contributed by atoms with Gasteiger partial charge in [-0.05, 0) is 34.0 Å². The van der Waals surface area contributed by atoms with Gasteiger partial charge in [-0.1, -0.05) is 83.5 Å². The Morgan fingerprint density at radius 1 is 0.909 bits per heavy atom. The van der Waals surface area contributed by atoms with Gasteiger partial charge in [-0.3, -0.25) is 0 Å². The van der Waals surface area contributed by atoms with Crippen LogP contribution in [0.4, 0.5) is 0 Å². The fraction of sp³-hybridized carbons (Fsp3) is 0.476. The number of hydrogen-bond acceptors (Lipinski definition) is 0. The fourth-order valence-corrected chi connectivity index (χ4v) is 4.39. The molecule has 2 aliphatic carbocycles. The van der Waals surface area contributed by atoms with Gasteiger partial charge in [0.2, 0.25) is 0 Å². The number of hydrogen-bond donors (Lipinski definition) is 0. The van der Waals surface area contributed by atoms with E-state index in [2.05, 4.69) is 84.4 Å². The number of rotatable bonds is 0. The van der Waals surface area contributed by atoms with Crippen molar-refractivity contribution in [3.63, 3.8) is 0 Å². The Labute approximate surface area is 148 Å². The van der Waals surface area contributed by atoms with Crippen molar-refractivity contribution >= 4 is 24.4 Å². The molecule has 0 aliphatic heterocycles. The minimum absolute atomic E-state index is 0. The molecular formula is C21H28Li. The summed E-state index contributed by atoms with van der Waals surface area (Å²) in [4.78, 5) is 0. The molecule has 1 radical (unpaired) electrons. The summed E-state index contributed by atoms with van der Waals surface area (Å²) in [5.74, 6) is 0. The Kier molecular flexibility index (Phi) is 4.36. The van der Waals surface area contributed by atoms with Gasteiger partial charge in [-0.15, -0.1) is 0 Å². The van der Waals surface area contributed by atoms with Crippen LogP contribution in [0.2, 0.25) is 0 Å². The second kappa shape index (κ2) is 5.43. The number of allylic oxidation sites excluding steroid dienone is 4. The van der Waals surface area contributed by atoms with Gasteiger partial charge in [-0.25, -0.2) is 0 Å². The first kappa shape index (κ1) is 17.6. The van der Waals surface area contributed by atoms with Crippen LogP contribution < -0.4 is 0 Å². The minimum atomic E-state index is 0. The zero-order chi connectivity index (χ0) is 15.5. The summed E-state index contributed by atoms with van der Waals surface area (Å²) < 4.78 is 0. The van der Waals surface area contributed by atoms with E-state index in [1.807, 2.05) is 0 Å². The summed E-state index contributed by atoms with van der Waals surface area (Å²) in [5, 5.41) is 0. The maximum absolute atomic E-state index is 2.50. The standard InChI is InChI=1S/C21H27.Li.H/c1-19(2,3)21(20(4,5)6)12-11-18-16(14-21)13-15-9-7-8-10-17(15)18;;/h7-13H,14H2,1-6H3;;. The van der Waals surface area contributed by atoms with E-state index in [4.69, 9.17) is 0 Å². The van der Waals surface area contributed by atoms with E-state index in [-0.39, 0.29) is 35.1 Å². The zero-order valence-electron chi connectivity index (χ0n) is 14.2. The Balaban J connectivity index is 0.00000176. The molecule has 2 aliphatic rings. The van der Waals surface area contributed by atoms with E-state index < -0.39 is 0 Å². The van der Waals surface area contributed by atoms with Gasteiger partial charge in [0.1, 0.15) is 0 Å². The molecule has 22 heavy (non-hydrogen) atoms. The average Bonchev–Trinajstić information content (AvgIpc) is 2.73. The van der Waals surface area contributed by atoms with Crippen LogP contribution in [0.1, 0.15) is 59.1 Å². The molecule has 113 valence electrons. The Morgan fingerprint density at radius 3 is 2.09 bits per heavy atom. The molecule has 0 saturated heterocycles. The molecular weight excluding hydrogens is 259 g/mol. The fourth-order valence-electron chi connectivity index (χ4n) is 4.39. The summed E-state index contributed by atoms with van der Waals surface area (Å²) >= 11 is 0. The predicted octanol–water partition coefficient (Wildman–Crippen LogP) is 5.40. The van der Waals surface area contributed by atoms with Gasteiger partial charge in [0.15, 0.2) is 0 Å². The summed E-state index contributed by atoms with van der Waals surface area (Å²) in [5.41, 5.74) is 6.41. The molecule has 0 nitrogen and oxygen atoms in total. The number of fused-ring (bicyclic) bond motifs is 2. The van der Waals surface area contributed by atoms with Gasteiger partial charge in [0.05, 0.1) is 0 Å². The third-order valence-corrected chi connectivity index (χ3v) is 5.61. The zero-order valence-corrected chi connectivity index (χ0v) is 14.2. The average molecular weight is 287 g/mol. The van der Waals surface area contributed by atoms with Gasteiger partial charge in [-0.2, -0.15) is 0 Å². The van der Waals surface area contributed by atoms with Crippen LogP contribution in [0.5, 0.6) is 0 Å². The molecule has 0 unspecified atom stereocenters. The molecule has 1 heteroatoms. The molecule has 0 bridgehead atoms. The summed E-state index contributed by atoms with van der Waals surface area (Å²) in [6.45, 7) is 14.3. The van der Waals surface area contributed by atoms with Crippen LogP contribution in [-0.2, 0) is 0 Å². The van der Waals surface area contributed by atoms with E-state index in [9.17, 15) is 0 Å². The van der Waals surface area contributed by atoms with Crippen molar-refractivity contribution in [1.29, 1.82) is 0 Å². The van der Waals surface area contributed by atoms with Crippen molar-refractivity contribution in [3.05, 3.63) is 59.5 Å².